The Bertz CT molecular complexity index is 585. The van der Waals surface area contributed by atoms with Crippen LogP contribution in [0.3, 0.4) is 0 Å². The minimum atomic E-state index is -0.652. The molecule has 1 unspecified atom stereocenters. The molecule has 0 spiro atoms. The number of carbonyl (C=O) groups is 3. The second-order valence-electron chi connectivity index (χ2n) is 5.02. The smallest absolute Gasteiger partial charge is 0.417 e. The van der Waals surface area contributed by atoms with E-state index < -0.39 is 11.9 Å². The number of nitrogens with zero attached hydrogens (tertiary/aromatic N) is 2. The Kier molecular flexibility index (Phi) is 3.32. The second-order valence-corrected chi connectivity index (χ2v) is 5.02. The Morgan fingerprint density at radius 2 is 1.95 bits per heavy atom. The fraction of sp³-hybridized carbons (Fsp3) is 0.357. The first-order chi connectivity index (χ1) is 10.1. The van der Waals surface area contributed by atoms with Crippen molar-refractivity contribution in [3.05, 3.63) is 35.6 Å². The quantitative estimate of drug-likeness (QED) is 0.816. The lowest BCUT2D eigenvalue weighted by atomic mass is 10.2. The molecule has 21 heavy (non-hydrogen) atoms. The van der Waals surface area contributed by atoms with Crippen LogP contribution in [-0.4, -0.2) is 53.4 Å². The molecule has 1 atom stereocenters. The van der Waals surface area contributed by atoms with E-state index in [2.05, 4.69) is 4.74 Å². The minimum absolute atomic E-state index is 0.235. The van der Waals surface area contributed by atoms with Crippen LogP contribution in [0.2, 0.25) is 0 Å². The van der Waals surface area contributed by atoms with Crippen molar-refractivity contribution >= 4 is 17.9 Å². The first kappa shape index (κ1) is 13.5. The summed E-state index contributed by atoms with van der Waals surface area (Å²) in [5.74, 6) is -1.02. The normalized spacial score (nSPS) is 21.9. The number of likely N-dealkylation sites (tertiary alicyclic amines) is 1. The minimum Gasteiger partial charge on any atom is -0.439 e. The summed E-state index contributed by atoms with van der Waals surface area (Å²) in [5.41, 5.74) is 0.382. The van der Waals surface area contributed by atoms with Gasteiger partial charge in [-0.15, -0.1) is 0 Å². The first-order valence-corrected chi connectivity index (χ1v) is 6.60. The molecule has 3 rings (SSSR count). The van der Waals surface area contributed by atoms with E-state index in [1.54, 1.807) is 4.90 Å². The zero-order chi connectivity index (χ0) is 15.0. The fourth-order valence-corrected chi connectivity index (χ4v) is 2.63. The van der Waals surface area contributed by atoms with Crippen LogP contribution in [0.25, 0.3) is 0 Å². The lowest BCUT2D eigenvalue weighted by Gasteiger charge is -2.20. The van der Waals surface area contributed by atoms with Gasteiger partial charge in [0.15, 0.2) is 6.61 Å². The van der Waals surface area contributed by atoms with Crippen LogP contribution in [0, 0.1) is 5.82 Å². The molecule has 2 fully saturated rings. The number of hydrogen-bond donors (Lipinski definition) is 0. The van der Waals surface area contributed by atoms with Crippen molar-refractivity contribution in [2.45, 2.75) is 12.5 Å². The summed E-state index contributed by atoms with van der Waals surface area (Å²) in [6, 6.07) is 4.93. The summed E-state index contributed by atoms with van der Waals surface area (Å²) < 4.78 is 17.5. The molecular weight excluding hydrogens is 279 g/mol. The van der Waals surface area contributed by atoms with Crippen molar-refractivity contribution in [2.75, 3.05) is 19.7 Å². The number of amides is 3. The van der Waals surface area contributed by atoms with Crippen molar-refractivity contribution in [2.24, 2.45) is 0 Å². The summed E-state index contributed by atoms with van der Waals surface area (Å²) in [7, 11) is 0. The average molecular weight is 292 g/mol. The van der Waals surface area contributed by atoms with Crippen molar-refractivity contribution < 1.29 is 23.5 Å². The molecule has 0 saturated carbocycles. The molecular formula is C14H13FN2O4. The van der Waals surface area contributed by atoms with E-state index in [4.69, 9.17) is 0 Å². The molecule has 2 aliphatic rings. The van der Waals surface area contributed by atoms with Gasteiger partial charge in [0.05, 0.1) is 6.04 Å². The lowest BCUT2D eigenvalue weighted by Crippen LogP contribution is -2.42. The van der Waals surface area contributed by atoms with Gasteiger partial charge in [-0.1, -0.05) is 0 Å². The van der Waals surface area contributed by atoms with Crippen LogP contribution in [0.15, 0.2) is 24.3 Å². The molecule has 0 bridgehead atoms. The van der Waals surface area contributed by atoms with E-state index in [-0.39, 0.29) is 31.0 Å². The summed E-state index contributed by atoms with van der Waals surface area (Å²) in [4.78, 5) is 38.0. The molecule has 3 amide bonds. The van der Waals surface area contributed by atoms with E-state index in [9.17, 15) is 18.8 Å². The highest BCUT2D eigenvalue weighted by Crippen LogP contribution is 2.21. The first-order valence-electron chi connectivity index (χ1n) is 6.60. The second kappa shape index (κ2) is 5.16. The summed E-state index contributed by atoms with van der Waals surface area (Å²) in [6.45, 7) is 0.482. The number of carbonyl (C=O) groups excluding carboxylic acids is 3. The van der Waals surface area contributed by atoms with Crippen LogP contribution in [0.4, 0.5) is 9.18 Å². The molecule has 0 aliphatic carbocycles. The van der Waals surface area contributed by atoms with Crippen molar-refractivity contribution in [1.29, 1.82) is 0 Å². The number of imide groups is 1. The molecule has 0 radical (unpaired) electrons. The van der Waals surface area contributed by atoms with Gasteiger partial charge in [-0.05, 0) is 30.7 Å². The van der Waals surface area contributed by atoms with Gasteiger partial charge in [0.25, 0.3) is 11.8 Å². The maximum Gasteiger partial charge on any atom is 0.417 e. The van der Waals surface area contributed by atoms with Crippen LogP contribution in [-0.2, 0) is 9.53 Å². The Morgan fingerprint density at radius 3 is 2.57 bits per heavy atom. The summed E-state index contributed by atoms with van der Waals surface area (Å²) in [5, 5.41) is 0. The van der Waals surface area contributed by atoms with Crippen LogP contribution < -0.4 is 0 Å². The van der Waals surface area contributed by atoms with E-state index in [1.807, 2.05) is 0 Å². The number of hydrogen-bond acceptors (Lipinski definition) is 4. The van der Waals surface area contributed by atoms with Gasteiger partial charge in [0.1, 0.15) is 5.82 Å². The number of halogens is 1. The molecule has 2 saturated heterocycles. The van der Waals surface area contributed by atoms with Crippen molar-refractivity contribution in [1.82, 2.24) is 9.80 Å². The maximum atomic E-state index is 12.9. The molecule has 1 aromatic rings. The zero-order valence-corrected chi connectivity index (χ0v) is 11.1. The number of cyclic esters (lactones) is 1. The van der Waals surface area contributed by atoms with Crippen molar-refractivity contribution in [3.8, 4) is 0 Å². The monoisotopic (exact) mass is 292 g/mol. The topological polar surface area (TPSA) is 66.9 Å². The Balaban J connectivity index is 1.69. The number of ether oxygens (including phenoxy) is 1. The average Bonchev–Trinajstić information content (AvgIpc) is 3.06. The molecule has 0 N–H and O–H groups in total. The molecule has 0 aromatic heterocycles. The van der Waals surface area contributed by atoms with Crippen LogP contribution in [0.5, 0.6) is 0 Å². The number of rotatable bonds is 2. The predicted molar refractivity (Wildman–Crippen MR) is 68.9 cm³/mol. The molecule has 6 nitrogen and oxygen atoms in total. The highest BCUT2D eigenvalue weighted by molar-refractivity contribution is 5.98. The van der Waals surface area contributed by atoms with Gasteiger partial charge in [-0.25, -0.2) is 14.1 Å². The highest BCUT2D eigenvalue weighted by Gasteiger charge is 2.41. The van der Waals surface area contributed by atoms with Gasteiger partial charge in [-0.3, -0.25) is 9.59 Å². The summed E-state index contributed by atoms with van der Waals surface area (Å²) in [6.07, 6.45) is -0.130. The van der Waals surface area contributed by atoms with Gasteiger partial charge >= 0.3 is 6.09 Å². The molecule has 110 valence electrons. The summed E-state index contributed by atoms with van der Waals surface area (Å²) >= 11 is 0. The Morgan fingerprint density at radius 1 is 1.24 bits per heavy atom. The van der Waals surface area contributed by atoms with Gasteiger partial charge in [0, 0.05) is 18.7 Å². The van der Waals surface area contributed by atoms with Crippen LogP contribution in [0.1, 0.15) is 16.8 Å². The van der Waals surface area contributed by atoms with E-state index >= 15 is 0 Å². The highest BCUT2D eigenvalue weighted by atomic mass is 19.1. The fourth-order valence-electron chi connectivity index (χ4n) is 2.63. The Hall–Kier alpha value is -2.44. The van der Waals surface area contributed by atoms with Gasteiger partial charge in [0.2, 0.25) is 0 Å². The standard InChI is InChI=1S/C14H13FN2O4/c15-10-3-1-9(2-4-10)13(19)16-6-5-11(7-16)17-12(18)8-21-14(17)20/h1-4,11H,5-8H2. The largest absolute Gasteiger partial charge is 0.439 e. The van der Waals surface area contributed by atoms with E-state index in [0.29, 0.717) is 18.5 Å². The SMILES string of the molecule is O=C(c1ccc(F)cc1)N1CCC(N2C(=O)COC2=O)C1. The number of benzene rings is 1. The van der Waals surface area contributed by atoms with Crippen molar-refractivity contribution in [3.63, 3.8) is 0 Å². The van der Waals surface area contributed by atoms with Crippen LogP contribution >= 0.6 is 0 Å². The molecule has 1 aromatic carbocycles. The van der Waals surface area contributed by atoms with E-state index in [0.717, 1.165) is 4.90 Å². The van der Waals surface area contributed by atoms with Gasteiger partial charge in [-0.2, -0.15) is 0 Å². The maximum absolute atomic E-state index is 12.9. The lowest BCUT2D eigenvalue weighted by molar-refractivity contribution is -0.127. The third kappa shape index (κ3) is 2.46. The van der Waals surface area contributed by atoms with Gasteiger partial charge < -0.3 is 9.64 Å². The predicted octanol–water partition coefficient (Wildman–Crippen LogP) is 1.02. The zero-order valence-electron chi connectivity index (χ0n) is 11.1. The molecule has 2 heterocycles. The molecule has 2 aliphatic heterocycles. The third-order valence-electron chi connectivity index (χ3n) is 3.69. The van der Waals surface area contributed by atoms with E-state index in [1.165, 1.54) is 24.3 Å². The Labute approximate surface area is 120 Å². The third-order valence-corrected chi connectivity index (χ3v) is 3.69. The molecule has 7 heteroatoms.